The molecule has 0 bridgehead atoms. The van der Waals surface area contributed by atoms with Gasteiger partial charge in [0.25, 0.3) is 5.91 Å². The molecule has 0 aliphatic carbocycles. The van der Waals surface area contributed by atoms with Crippen molar-refractivity contribution in [2.45, 2.75) is 13.5 Å². The molecule has 23 heavy (non-hydrogen) atoms. The maximum absolute atomic E-state index is 12.3. The minimum atomic E-state index is -0.342. The van der Waals surface area contributed by atoms with Gasteiger partial charge < -0.3 is 19.5 Å². The van der Waals surface area contributed by atoms with E-state index in [-0.39, 0.29) is 18.4 Å². The predicted octanol–water partition coefficient (Wildman–Crippen LogP) is 1.84. The Morgan fingerprint density at radius 1 is 1.30 bits per heavy atom. The molecule has 0 saturated carbocycles. The normalized spacial score (nSPS) is 10.4. The molecule has 1 heterocycles. The Balaban J connectivity index is 1.92. The van der Waals surface area contributed by atoms with Crippen molar-refractivity contribution in [1.29, 1.82) is 0 Å². The first-order valence-electron chi connectivity index (χ1n) is 7.06. The van der Waals surface area contributed by atoms with E-state index in [9.17, 15) is 9.59 Å². The van der Waals surface area contributed by atoms with Crippen LogP contribution in [0.5, 0.6) is 0 Å². The minimum absolute atomic E-state index is 0.0788. The summed E-state index contributed by atoms with van der Waals surface area (Å²) in [6.07, 6.45) is 0. The van der Waals surface area contributed by atoms with E-state index in [1.807, 2.05) is 12.1 Å². The highest BCUT2D eigenvalue weighted by Crippen LogP contribution is 2.09. The van der Waals surface area contributed by atoms with E-state index in [4.69, 9.17) is 9.26 Å². The third-order valence-electron chi connectivity index (χ3n) is 3.13. The van der Waals surface area contributed by atoms with Crippen molar-refractivity contribution in [3.05, 3.63) is 47.2 Å². The van der Waals surface area contributed by atoms with Gasteiger partial charge >= 0.3 is 0 Å². The summed E-state index contributed by atoms with van der Waals surface area (Å²) in [7, 11) is 3.18. The van der Waals surface area contributed by atoms with Gasteiger partial charge in [0.2, 0.25) is 5.91 Å². The van der Waals surface area contributed by atoms with Crippen LogP contribution < -0.4 is 5.32 Å². The van der Waals surface area contributed by atoms with E-state index in [2.05, 4.69) is 10.5 Å². The van der Waals surface area contributed by atoms with Crippen LogP contribution in [0.2, 0.25) is 0 Å². The van der Waals surface area contributed by atoms with Crippen LogP contribution in [-0.4, -0.2) is 42.6 Å². The molecule has 0 fully saturated rings. The zero-order chi connectivity index (χ0) is 16.8. The molecule has 0 unspecified atom stereocenters. The SMILES string of the molecule is COCc1ccc(C(=O)N(C)CC(=O)Nc2cc(C)on2)cc1. The fourth-order valence-electron chi connectivity index (χ4n) is 2.03. The Morgan fingerprint density at radius 2 is 2.00 bits per heavy atom. The van der Waals surface area contributed by atoms with Gasteiger partial charge in [-0.15, -0.1) is 0 Å². The van der Waals surface area contributed by atoms with Gasteiger partial charge in [-0.2, -0.15) is 0 Å². The van der Waals surface area contributed by atoms with Crippen molar-refractivity contribution in [1.82, 2.24) is 10.1 Å². The van der Waals surface area contributed by atoms with E-state index >= 15 is 0 Å². The molecule has 0 aliphatic rings. The number of nitrogens with one attached hydrogen (secondary N) is 1. The van der Waals surface area contributed by atoms with Gasteiger partial charge in [-0.3, -0.25) is 9.59 Å². The maximum Gasteiger partial charge on any atom is 0.254 e. The number of carbonyl (C=O) groups excluding carboxylic acids is 2. The smallest absolute Gasteiger partial charge is 0.254 e. The van der Waals surface area contributed by atoms with Gasteiger partial charge in [-0.1, -0.05) is 17.3 Å². The second-order valence-electron chi connectivity index (χ2n) is 5.16. The summed E-state index contributed by atoms with van der Waals surface area (Å²) in [6, 6.07) is 8.68. The van der Waals surface area contributed by atoms with E-state index < -0.39 is 0 Å². The number of methoxy groups -OCH3 is 1. The molecule has 0 atom stereocenters. The summed E-state index contributed by atoms with van der Waals surface area (Å²) in [5, 5.41) is 6.24. The number of amides is 2. The van der Waals surface area contributed by atoms with Crippen LogP contribution in [0.3, 0.4) is 0 Å². The predicted molar refractivity (Wildman–Crippen MR) is 84.0 cm³/mol. The summed E-state index contributed by atoms with van der Waals surface area (Å²) < 4.78 is 9.89. The lowest BCUT2D eigenvalue weighted by Crippen LogP contribution is -2.35. The lowest BCUT2D eigenvalue weighted by Gasteiger charge is -2.16. The highest BCUT2D eigenvalue weighted by atomic mass is 16.5. The topological polar surface area (TPSA) is 84.7 Å². The molecule has 0 aliphatic heterocycles. The molecule has 2 rings (SSSR count). The zero-order valence-electron chi connectivity index (χ0n) is 13.3. The molecule has 1 aromatic carbocycles. The lowest BCUT2D eigenvalue weighted by molar-refractivity contribution is -0.116. The second-order valence-corrected chi connectivity index (χ2v) is 5.16. The Morgan fingerprint density at radius 3 is 2.57 bits per heavy atom. The molecule has 1 N–H and O–H groups in total. The van der Waals surface area contributed by atoms with Crippen molar-refractivity contribution in [2.24, 2.45) is 0 Å². The van der Waals surface area contributed by atoms with Gasteiger partial charge in [0.15, 0.2) is 5.82 Å². The minimum Gasteiger partial charge on any atom is -0.380 e. The van der Waals surface area contributed by atoms with E-state index in [0.717, 1.165) is 5.56 Å². The van der Waals surface area contributed by atoms with E-state index in [1.165, 1.54) is 4.90 Å². The van der Waals surface area contributed by atoms with Crippen molar-refractivity contribution < 1.29 is 18.8 Å². The molecular weight excluding hydrogens is 298 g/mol. The molecule has 1 aromatic heterocycles. The molecule has 122 valence electrons. The number of aryl methyl sites for hydroxylation is 1. The van der Waals surface area contributed by atoms with Crippen LogP contribution in [-0.2, 0) is 16.1 Å². The van der Waals surface area contributed by atoms with Crippen molar-refractivity contribution in [3.63, 3.8) is 0 Å². The van der Waals surface area contributed by atoms with Crippen LogP contribution in [0, 0.1) is 6.92 Å². The highest BCUT2D eigenvalue weighted by molar-refractivity contribution is 5.98. The molecule has 2 amide bonds. The third kappa shape index (κ3) is 4.65. The zero-order valence-corrected chi connectivity index (χ0v) is 13.3. The van der Waals surface area contributed by atoms with Gasteiger partial charge in [-0.05, 0) is 24.6 Å². The fourth-order valence-corrected chi connectivity index (χ4v) is 2.03. The van der Waals surface area contributed by atoms with E-state index in [1.54, 1.807) is 39.3 Å². The maximum atomic E-state index is 12.3. The fraction of sp³-hybridized carbons (Fsp3) is 0.312. The van der Waals surface area contributed by atoms with E-state index in [0.29, 0.717) is 23.7 Å². The average Bonchev–Trinajstić information content (AvgIpc) is 2.92. The first-order chi connectivity index (χ1) is 11.0. The monoisotopic (exact) mass is 317 g/mol. The number of aromatic nitrogens is 1. The summed E-state index contributed by atoms with van der Waals surface area (Å²) in [4.78, 5) is 25.5. The number of benzene rings is 1. The summed E-state index contributed by atoms with van der Waals surface area (Å²) >= 11 is 0. The number of anilines is 1. The summed E-state index contributed by atoms with van der Waals surface area (Å²) in [5.41, 5.74) is 1.49. The average molecular weight is 317 g/mol. The van der Waals surface area contributed by atoms with Crippen LogP contribution in [0.15, 0.2) is 34.9 Å². The van der Waals surface area contributed by atoms with Crippen molar-refractivity contribution in [2.75, 3.05) is 26.0 Å². The molecule has 7 nitrogen and oxygen atoms in total. The lowest BCUT2D eigenvalue weighted by atomic mass is 10.1. The van der Waals surface area contributed by atoms with Crippen LogP contribution in [0.1, 0.15) is 21.7 Å². The number of nitrogens with zero attached hydrogens (tertiary/aromatic N) is 2. The molecule has 2 aromatic rings. The molecular formula is C16H19N3O4. The number of hydrogen-bond donors (Lipinski definition) is 1. The van der Waals surface area contributed by atoms with Crippen LogP contribution in [0.25, 0.3) is 0 Å². The Labute approximate surface area is 134 Å². The largest absolute Gasteiger partial charge is 0.380 e. The first kappa shape index (κ1) is 16.7. The number of ether oxygens (including phenoxy) is 1. The van der Waals surface area contributed by atoms with Gasteiger partial charge in [0.05, 0.1) is 13.2 Å². The molecule has 7 heteroatoms. The standard InChI is InChI=1S/C16H19N3O4/c1-11-8-14(18-23-11)17-15(20)9-19(2)16(21)13-6-4-12(5-7-13)10-22-3/h4-8H,9-10H2,1-3H3,(H,17,18,20). The number of carbonyl (C=O) groups is 2. The van der Waals surface area contributed by atoms with Gasteiger partial charge in [0.1, 0.15) is 5.76 Å². The number of rotatable bonds is 6. The molecule has 0 radical (unpaired) electrons. The Kier molecular flexibility index (Phi) is 5.48. The second kappa shape index (κ2) is 7.55. The highest BCUT2D eigenvalue weighted by Gasteiger charge is 2.15. The summed E-state index contributed by atoms with van der Waals surface area (Å²) in [6.45, 7) is 2.14. The number of likely N-dealkylation sites (N-methyl/N-ethyl adjacent to an activating group) is 1. The van der Waals surface area contributed by atoms with Gasteiger partial charge in [0, 0.05) is 25.8 Å². The van der Waals surface area contributed by atoms with Crippen molar-refractivity contribution >= 4 is 17.6 Å². The molecule has 0 saturated heterocycles. The van der Waals surface area contributed by atoms with Gasteiger partial charge in [-0.25, -0.2) is 0 Å². The number of hydrogen-bond acceptors (Lipinski definition) is 5. The molecule has 0 spiro atoms. The Hall–Kier alpha value is -2.67. The first-order valence-corrected chi connectivity index (χ1v) is 7.06. The quantitative estimate of drug-likeness (QED) is 0.879. The van der Waals surface area contributed by atoms with Crippen LogP contribution >= 0.6 is 0 Å². The third-order valence-corrected chi connectivity index (χ3v) is 3.13. The van der Waals surface area contributed by atoms with Crippen molar-refractivity contribution in [3.8, 4) is 0 Å². The Bertz CT molecular complexity index is 679. The summed E-state index contributed by atoms with van der Waals surface area (Å²) in [5.74, 6) is 0.351. The van der Waals surface area contributed by atoms with Crippen LogP contribution in [0.4, 0.5) is 5.82 Å².